The minimum Gasteiger partial charge on any atom is -0.497 e. The summed E-state index contributed by atoms with van der Waals surface area (Å²) in [6.45, 7) is 3.76. The first-order chi connectivity index (χ1) is 15.9. The van der Waals surface area contributed by atoms with Crippen molar-refractivity contribution in [2.24, 2.45) is 5.92 Å². The van der Waals surface area contributed by atoms with Crippen LogP contribution >= 0.6 is 0 Å². The molecule has 0 bridgehead atoms. The van der Waals surface area contributed by atoms with Gasteiger partial charge < -0.3 is 25.4 Å². The fraction of sp³-hybridized carbons (Fsp3) is 0.231. The van der Waals surface area contributed by atoms with Crippen molar-refractivity contribution in [1.82, 2.24) is 5.32 Å². The van der Waals surface area contributed by atoms with Gasteiger partial charge in [0, 0.05) is 16.9 Å². The van der Waals surface area contributed by atoms with Crippen molar-refractivity contribution in [1.29, 1.82) is 0 Å². The van der Waals surface area contributed by atoms with Crippen molar-refractivity contribution >= 4 is 23.3 Å². The van der Waals surface area contributed by atoms with Gasteiger partial charge in [0.2, 0.25) is 5.91 Å². The minimum absolute atomic E-state index is 0.120. The lowest BCUT2D eigenvalue weighted by atomic mass is 10.0. The Balaban J connectivity index is 1.75. The van der Waals surface area contributed by atoms with Gasteiger partial charge in [-0.3, -0.25) is 4.79 Å². The number of carbonyl (C=O) groups excluding carboxylic acids is 2. The van der Waals surface area contributed by atoms with Gasteiger partial charge in [-0.05, 0) is 53.9 Å². The van der Waals surface area contributed by atoms with Crippen molar-refractivity contribution in [3.05, 3.63) is 72.8 Å². The van der Waals surface area contributed by atoms with E-state index in [0.717, 1.165) is 16.9 Å². The third-order valence-corrected chi connectivity index (χ3v) is 5.14. The summed E-state index contributed by atoms with van der Waals surface area (Å²) in [6, 6.07) is 20.9. The maximum absolute atomic E-state index is 13.0. The molecule has 0 aliphatic rings. The molecule has 0 aliphatic carbocycles. The van der Waals surface area contributed by atoms with Crippen molar-refractivity contribution < 1.29 is 19.1 Å². The summed E-state index contributed by atoms with van der Waals surface area (Å²) in [5.41, 5.74) is 3.00. The smallest absolute Gasteiger partial charge is 0.319 e. The number of nitrogens with one attached hydrogen (secondary N) is 3. The molecule has 0 spiro atoms. The summed E-state index contributed by atoms with van der Waals surface area (Å²) in [4.78, 5) is 25.5. The van der Waals surface area contributed by atoms with Gasteiger partial charge in [-0.2, -0.15) is 0 Å². The fourth-order valence-corrected chi connectivity index (χ4v) is 3.37. The monoisotopic (exact) mass is 447 g/mol. The fourth-order valence-electron chi connectivity index (χ4n) is 3.37. The van der Waals surface area contributed by atoms with E-state index in [4.69, 9.17) is 9.47 Å². The molecule has 0 radical (unpaired) electrons. The largest absolute Gasteiger partial charge is 0.497 e. The minimum atomic E-state index is -0.722. The van der Waals surface area contributed by atoms with Gasteiger partial charge in [-0.1, -0.05) is 44.2 Å². The molecule has 0 unspecified atom stereocenters. The van der Waals surface area contributed by atoms with Crippen molar-refractivity contribution in [2.45, 2.75) is 19.9 Å². The number of ether oxygens (including phenoxy) is 2. The molecule has 0 saturated carbocycles. The standard InChI is InChI=1S/C26H29N3O4/c1-17(2)24(29-26(31)28-19-8-6-5-7-9-19)25(30)27-20-12-15-23(33-4)22(16-20)18-10-13-21(32-3)14-11-18/h5-17,24H,1-4H3,(H,27,30)(H2,28,29,31)/t24-/m0/s1. The Morgan fingerprint density at radius 1 is 0.788 bits per heavy atom. The van der Waals surface area contributed by atoms with Crippen LogP contribution in [0.3, 0.4) is 0 Å². The van der Waals surface area contributed by atoms with Crippen LogP contribution < -0.4 is 25.4 Å². The van der Waals surface area contributed by atoms with Gasteiger partial charge in [0.25, 0.3) is 0 Å². The summed E-state index contributed by atoms with van der Waals surface area (Å²) in [5, 5.41) is 8.42. The number of carbonyl (C=O) groups is 2. The Morgan fingerprint density at radius 2 is 1.48 bits per heavy atom. The molecule has 0 saturated heterocycles. The number of urea groups is 1. The van der Waals surface area contributed by atoms with Gasteiger partial charge in [0.05, 0.1) is 14.2 Å². The molecule has 0 aromatic heterocycles. The highest BCUT2D eigenvalue weighted by molar-refractivity contribution is 5.99. The molecule has 0 fully saturated rings. The lowest BCUT2D eigenvalue weighted by Crippen LogP contribution is -2.48. The van der Waals surface area contributed by atoms with Crippen LogP contribution in [0.15, 0.2) is 72.8 Å². The number of anilines is 2. The van der Waals surface area contributed by atoms with E-state index in [1.54, 1.807) is 38.5 Å². The molecule has 33 heavy (non-hydrogen) atoms. The quantitative estimate of drug-likeness (QED) is 0.445. The summed E-state index contributed by atoms with van der Waals surface area (Å²) in [7, 11) is 3.22. The van der Waals surface area contributed by atoms with E-state index in [2.05, 4.69) is 16.0 Å². The van der Waals surface area contributed by atoms with Gasteiger partial charge >= 0.3 is 6.03 Å². The molecule has 3 aromatic rings. The Hall–Kier alpha value is -4.00. The van der Waals surface area contributed by atoms with E-state index in [1.807, 2.05) is 62.4 Å². The maximum atomic E-state index is 13.0. The van der Waals surface area contributed by atoms with E-state index in [-0.39, 0.29) is 11.8 Å². The average molecular weight is 448 g/mol. The number of hydrogen-bond acceptors (Lipinski definition) is 4. The Morgan fingerprint density at radius 3 is 2.09 bits per heavy atom. The second-order valence-electron chi connectivity index (χ2n) is 7.82. The first kappa shape index (κ1) is 23.7. The second-order valence-corrected chi connectivity index (χ2v) is 7.82. The second kappa shape index (κ2) is 11.0. The van der Waals surface area contributed by atoms with Crippen molar-refractivity contribution in [3.8, 4) is 22.6 Å². The van der Waals surface area contributed by atoms with Crippen molar-refractivity contribution in [2.75, 3.05) is 24.9 Å². The average Bonchev–Trinajstić information content (AvgIpc) is 2.83. The van der Waals surface area contributed by atoms with E-state index in [9.17, 15) is 9.59 Å². The number of rotatable bonds is 8. The lowest BCUT2D eigenvalue weighted by molar-refractivity contribution is -0.118. The number of amides is 3. The highest BCUT2D eigenvalue weighted by Gasteiger charge is 2.24. The highest BCUT2D eigenvalue weighted by Crippen LogP contribution is 2.33. The van der Waals surface area contributed by atoms with Crippen LogP contribution in [-0.4, -0.2) is 32.2 Å². The van der Waals surface area contributed by atoms with Crippen LogP contribution in [0.2, 0.25) is 0 Å². The van der Waals surface area contributed by atoms with E-state index in [0.29, 0.717) is 17.1 Å². The molecule has 7 nitrogen and oxygen atoms in total. The van der Waals surface area contributed by atoms with Crippen LogP contribution in [0, 0.1) is 5.92 Å². The maximum Gasteiger partial charge on any atom is 0.319 e. The lowest BCUT2D eigenvalue weighted by Gasteiger charge is -2.22. The predicted molar refractivity (Wildman–Crippen MR) is 131 cm³/mol. The third-order valence-electron chi connectivity index (χ3n) is 5.14. The number of methoxy groups -OCH3 is 2. The summed E-state index contributed by atoms with van der Waals surface area (Å²) >= 11 is 0. The SMILES string of the molecule is COc1ccc(-c2cc(NC(=O)[C@@H](NC(=O)Nc3ccccc3)C(C)C)ccc2OC)cc1. The van der Waals surface area contributed by atoms with E-state index < -0.39 is 12.1 Å². The molecule has 7 heteroatoms. The normalized spacial score (nSPS) is 11.4. The molecule has 3 aromatic carbocycles. The zero-order valence-electron chi connectivity index (χ0n) is 19.2. The summed E-state index contributed by atoms with van der Waals surface area (Å²) in [6.07, 6.45) is 0. The van der Waals surface area contributed by atoms with E-state index in [1.165, 1.54) is 0 Å². The summed E-state index contributed by atoms with van der Waals surface area (Å²) in [5.74, 6) is 1.01. The molecule has 1 atom stereocenters. The molecule has 3 amide bonds. The van der Waals surface area contributed by atoms with Crippen LogP contribution in [0.1, 0.15) is 13.8 Å². The van der Waals surface area contributed by atoms with Crippen LogP contribution in [0.25, 0.3) is 11.1 Å². The first-order valence-electron chi connectivity index (χ1n) is 10.7. The molecule has 3 N–H and O–H groups in total. The molecule has 172 valence electrons. The van der Waals surface area contributed by atoms with Crippen LogP contribution in [0.4, 0.5) is 16.2 Å². The highest BCUT2D eigenvalue weighted by atomic mass is 16.5. The van der Waals surface area contributed by atoms with Gasteiger partial charge in [-0.15, -0.1) is 0 Å². The van der Waals surface area contributed by atoms with E-state index >= 15 is 0 Å². The Labute approximate surface area is 194 Å². The van der Waals surface area contributed by atoms with Crippen LogP contribution in [0.5, 0.6) is 11.5 Å². The van der Waals surface area contributed by atoms with Crippen LogP contribution in [-0.2, 0) is 4.79 Å². The summed E-state index contributed by atoms with van der Waals surface area (Å²) < 4.78 is 10.7. The molecule has 0 heterocycles. The number of hydrogen-bond donors (Lipinski definition) is 3. The van der Waals surface area contributed by atoms with Gasteiger partial charge in [0.1, 0.15) is 17.5 Å². The molecular weight excluding hydrogens is 418 g/mol. The number of benzene rings is 3. The molecule has 3 rings (SSSR count). The zero-order valence-corrected chi connectivity index (χ0v) is 19.2. The van der Waals surface area contributed by atoms with Gasteiger partial charge in [0.15, 0.2) is 0 Å². The number of para-hydroxylation sites is 1. The topological polar surface area (TPSA) is 88.7 Å². The molecular formula is C26H29N3O4. The Kier molecular flexibility index (Phi) is 7.91. The predicted octanol–water partition coefficient (Wildman–Crippen LogP) is 5.16. The Bertz CT molecular complexity index is 1080. The zero-order chi connectivity index (χ0) is 23.8. The molecule has 0 aliphatic heterocycles. The van der Waals surface area contributed by atoms with Crippen molar-refractivity contribution in [3.63, 3.8) is 0 Å². The first-order valence-corrected chi connectivity index (χ1v) is 10.7. The third kappa shape index (κ3) is 6.26. The van der Waals surface area contributed by atoms with Gasteiger partial charge in [-0.25, -0.2) is 4.79 Å².